The van der Waals surface area contributed by atoms with E-state index < -0.39 is 0 Å². The fourth-order valence-electron chi connectivity index (χ4n) is 1.91. The average molecular weight is 210 g/mol. The Hall–Kier alpha value is -1.07. The van der Waals surface area contributed by atoms with E-state index in [1.165, 1.54) is 0 Å². The lowest BCUT2D eigenvalue weighted by Crippen LogP contribution is -2.42. The minimum Gasteiger partial charge on any atom is -0.374 e. The number of hydrogen-bond donors (Lipinski definition) is 1. The highest BCUT2D eigenvalue weighted by Gasteiger charge is 2.18. The molecule has 0 saturated carbocycles. The molecule has 1 atom stereocenters. The molecule has 1 aliphatic heterocycles. The van der Waals surface area contributed by atoms with Gasteiger partial charge in [0.1, 0.15) is 0 Å². The molecule has 15 heavy (non-hydrogen) atoms. The first-order valence-corrected chi connectivity index (χ1v) is 5.24. The van der Waals surface area contributed by atoms with Crippen LogP contribution >= 0.6 is 0 Å². The van der Waals surface area contributed by atoms with Gasteiger partial charge < -0.3 is 19.9 Å². The number of ether oxygens (including phenoxy) is 1. The lowest BCUT2D eigenvalue weighted by molar-refractivity contribution is -0.0272. The summed E-state index contributed by atoms with van der Waals surface area (Å²) in [6, 6.07) is 0. The second kappa shape index (κ2) is 4.20. The fourth-order valence-corrected chi connectivity index (χ4v) is 1.91. The van der Waals surface area contributed by atoms with E-state index in [9.17, 15) is 0 Å². The first kappa shape index (κ1) is 10.4. The van der Waals surface area contributed by atoms with Crippen LogP contribution in [-0.2, 0) is 11.3 Å². The molecular weight excluding hydrogens is 192 g/mol. The van der Waals surface area contributed by atoms with Gasteiger partial charge in [-0.3, -0.25) is 0 Å². The van der Waals surface area contributed by atoms with Crippen molar-refractivity contribution >= 4 is 5.95 Å². The van der Waals surface area contributed by atoms with E-state index in [2.05, 4.69) is 16.9 Å². The summed E-state index contributed by atoms with van der Waals surface area (Å²) in [5, 5.41) is 0. The van der Waals surface area contributed by atoms with Gasteiger partial charge in [-0.15, -0.1) is 0 Å². The van der Waals surface area contributed by atoms with Crippen LogP contribution < -0.4 is 5.73 Å². The summed E-state index contributed by atoms with van der Waals surface area (Å²) in [5.41, 5.74) is 6.73. The summed E-state index contributed by atoms with van der Waals surface area (Å²) in [5.74, 6) is 0.573. The molecule has 2 heterocycles. The summed E-state index contributed by atoms with van der Waals surface area (Å²) >= 11 is 0. The third-order valence-electron chi connectivity index (χ3n) is 2.67. The average Bonchev–Trinajstić information content (AvgIpc) is 2.45. The van der Waals surface area contributed by atoms with Crippen LogP contribution in [0.4, 0.5) is 5.95 Å². The standard InChI is InChI=1S/C10H18N4O/c1-8-5-14(10(11)12-8)7-9-6-13(2)3-4-15-9/h5,9H,3-4,6-7H2,1-2H3,(H2,11,12). The largest absolute Gasteiger partial charge is 0.374 e. The van der Waals surface area contributed by atoms with Gasteiger partial charge in [-0.25, -0.2) is 4.98 Å². The monoisotopic (exact) mass is 210 g/mol. The molecule has 2 N–H and O–H groups in total. The van der Waals surface area contributed by atoms with Gasteiger partial charge in [0, 0.05) is 19.3 Å². The number of nitrogen functional groups attached to an aromatic ring is 1. The number of rotatable bonds is 2. The van der Waals surface area contributed by atoms with Crippen LogP contribution in [0.2, 0.25) is 0 Å². The Kier molecular flexibility index (Phi) is 2.93. The minimum atomic E-state index is 0.222. The van der Waals surface area contributed by atoms with Crippen molar-refractivity contribution in [3.63, 3.8) is 0 Å². The lowest BCUT2D eigenvalue weighted by atomic mass is 10.3. The number of morpholine rings is 1. The zero-order valence-corrected chi connectivity index (χ0v) is 9.31. The van der Waals surface area contributed by atoms with E-state index in [0.717, 1.165) is 31.9 Å². The number of anilines is 1. The van der Waals surface area contributed by atoms with Gasteiger partial charge in [-0.05, 0) is 14.0 Å². The van der Waals surface area contributed by atoms with Crippen LogP contribution in [0.15, 0.2) is 6.20 Å². The quantitative estimate of drug-likeness (QED) is 0.752. The van der Waals surface area contributed by atoms with Gasteiger partial charge in [-0.2, -0.15) is 0 Å². The summed E-state index contributed by atoms with van der Waals surface area (Å²) in [4.78, 5) is 6.44. The maximum absolute atomic E-state index is 5.78. The van der Waals surface area contributed by atoms with Crippen molar-refractivity contribution in [1.29, 1.82) is 0 Å². The van der Waals surface area contributed by atoms with Crippen LogP contribution in [0, 0.1) is 6.92 Å². The van der Waals surface area contributed by atoms with Crippen molar-refractivity contribution in [3.8, 4) is 0 Å². The Morgan fingerprint density at radius 1 is 1.67 bits per heavy atom. The Balaban J connectivity index is 1.99. The number of aromatic nitrogens is 2. The molecule has 5 nitrogen and oxygen atoms in total. The smallest absolute Gasteiger partial charge is 0.200 e. The number of nitrogens with two attached hydrogens (primary N) is 1. The minimum absolute atomic E-state index is 0.222. The molecule has 0 aliphatic carbocycles. The van der Waals surface area contributed by atoms with Crippen LogP contribution in [0.1, 0.15) is 5.69 Å². The molecule has 0 bridgehead atoms. The molecule has 1 aromatic heterocycles. The lowest BCUT2D eigenvalue weighted by Gasteiger charge is -2.30. The number of imidazole rings is 1. The second-order valence-corrected chi connectivity index (χ2v) is 4.15. The highest BCUT2D eigenvalue weighted by molar-refractivity contribution is 5.21. The van der Waals surface area contributed by atoms with Crippen LogP contribution in [0.5, 0.6) is 0 Å². The van der Waals surface area contributed by atoms with E-state index >= 15 is 0 Å². The van der Waals surface area contributed by atoms with Gasteiger partial charge >= 0.3 is 0 Å². The maximum Gasteiger partial charge on any atom is 0.200 e. The van der Waals surface area contributed by atoms with Crippen molar-refractivity contribution in [2.45, 2.75) is 19.6 Å². The van der Waals surface area contributed by atoms with Gasteiger partial charge in [0.05, 0.1) is 24.9 Å². The first-order valence-electron chi connectivity index (χ1n) is 5.24. The molecule has 5 heteroatoms. The van der Waals surface area contributed by atoms with E-state index in [0.29, 0.717) is 5.95 Å². The van der Waals surface area contributed by atoms with Crippen molar-refractivity contribution in [2.75, 3.05) is 32.5 Å². The van der Waals surface area contributed by atoms with E-state index in [1.54, 1.807) is 0 Å². The molecular formula is C10H18N4O. The Bertz CT molecular complexity index is 336. The topological polar surface area (TPSA) is 56.3 Å². The first-order chi connectivity index (χ1) is 7.15. The van der Waals surface area contributed by atoms with Crippen molar-refractivity contribution < 1.29 is 4.74 Å². The predicted octanol–water partition coefficient (Wildman–Crippen LogP) is 0.104. The third kappa shape index (κ3) is 2.49. The molecule has 0 radical (unpaired) electrons. The van der Waals surface area contributed by atoms with Crippen molar-refractivity contribution in [3.05, 3.63) is 11.9 Å². The molecule has 1 aromatic rings. The number of hydrogen-bond acceptors (Lipinski definition) is 4. The number of nitrogens with zero attached hydrogens (tertiary/aromatic N) is 3. The Morgan fingerprint density at radius 3 is 3.07 bits per heavy atom. The summed E-state index contributed by atoms with van der Waals surface area (Å²) in [6.45, 7) is 5.50. The molecule has 2 rings (SSSR count). The zero-order valence-electron chi connectivity index (χ0n) is 9.31. The fraction of sp³-hybridized carbons (Fsp3) is 0.700. The molecule has 1 fully saturated rings. The van der Waals surface area contributed by atoms with Crippen molar-refractivity contribution in [1.82, 2.24) is 14.5 Å². The van der Waals surface area contributed by atoms with Gasteiger partial charge in [-0.1, -0.05) is 0 Å². The molecule has 0 aromatic carbocycles. The highest BCUT2D eigenvalue weighted by Crippen LogP contribution is 2.10. The summed E-state index contributed by atoms with van der Waals surface area (Å²) in [6.07, 6.45) is 2.19. The SMILES string of the molecule is Cc1cn(CC2CN(C)CCO2)c(N)n1. The van der Waals surface area contributed by atoms with E-state index in [-0.39, 0.29) is 6.10 Å². The van der Waals surface area contributed by atoms with Gasteiger partial charge in [0.15, 0.2) is 5.95 Å². The third-order valence-corrected chi connectivity index (χ3v) is 2.67. The second-order valence-electron chi connectivity index (χ2n) is 4.15. The predicted molar refractivity (Wildman–Crippen MR) is 58.6 cm³/mol. The molecule has 0 amide bonds. The van der Waals surface area contributed by atoms with E-state index in [4.69, 9.17) is 10.5 Å². The molecule has 0 spiro atoms. The summed E-state index contributed by atoms with van der Waals surface area (Å²) < 4.78 is 7.63. The van der Waals surface area contributed by atoms with E-state index in [1.807, 2.05) is 17.7 Å². The van der Waals surface area contributed by atoms with Crippen LogP contribution in [-0.4, -0.2) is 47.3 Å². The highest BCUT2D eigenvalue weighted by atomic mass is 16.5. The maximum atomic E-state index is 5.78. The zero-order chi connectivity index (χ0) is 10.8. The normalized spacial score (nSPS) is 23.2. The molecule has 84 valence electrons. The molecule has 1 saturated heterocycles. The molecule has 1 aliphatic rings. The molecule has 1 unspecified atom stereocenters. The van der Waals surface area contributed by atoms with Crippen LogP contribution in [0.25, 0.3) is 0 Å². The van der Waals surface area contributed by atoms with Gasteiger partial charge in [0.25, 0.3) is 0 Å². The van der Waals surface area contributed by atoms with Gasteiger partial charge in [0.2, 0.25) is 0 Å². The Labute approximate surface area is 89.8 Å². The van der Waals surface area contributed by atoms with Crippen molar-refractivity contribution in [2.24, 2.45) is 0 Å². The summed E-state index contributed by atoms with van der Waals surface area (Å²) in [7, 11) is 2.11. The Morgan fingerprint density at radius 2 is 2.47 bits per heavy atom. The number of aryl methyl sites for hydroxylation is 1. The number of likely N-dealkylation sites (N-methyl/N-ethyl adjacent to an activating group) is 1. The van der Waals surface area contributed by atoms with Crippen LogP contribution in [0.3, 0.4) is 0 Å².